The molecule has 0 saturated carbocycles. The van der Waals surface area contributed by atoms with Crippen molar-refractivity contribution in [3.8, 4) is 5.88 Å². The Balaban J connectivity index is 1.52. The van der Waals surface area contributed by atoms with Gasteiger partial charge in [-0.25, -0.2) is 18.4 Å². The largest absolute Gasteiger partial charge is 0.477 e. The van der Waals surface area contributed by atoms with Gasteiger partial charge in [0, 0.05) is 25.2 Å². The summed E-state index contributed by atoms with van der Waals surface area (Å²) in [7, 11) is 0. The van der Waals surface area contributed by atoms with E-state index in [0.717, 1.165) is 43.7 Å². The summed E-state index contributed by atoms with van der Waals surface area (Å²) in [5.74, 6) is -3.77. The van der Waals surface area contributed by atoms with Gasteiger partial charge in [0.2, 0.25) is 5.88 Å². The van der Waals surface area contributed by atoms with E-state index in [1.807, 2.05) is 0 Å². The lowest BCUT2D eigenvalue weighted by Gasteiger charge is -2.26. The number of urea groups is 1. The van der Waals surface area contributed by atoms with Crippen molar-refractivity contribution in [1.29, 1.82) is 0 Å². The fourth-order valence-electron chi connectivity index (χ4n) is 2.93. The standard InChI is InChI=1S/C19H22F2N4O5S/c20-13-4-1-3-12(15(13)21)11-30-16-14(18(26)27)17(31-24-16)23-19(28)22-5-2-6-25-7-9-29-10-8-25/h1,3-4H,2,5-11H2,(H,26,27)(H2,22,23,28). The molecule has 1 fully saturated rings. The maximum absolute atomic E-state index is 13.7. The number of carbonyl (C=O) groups is 2. The predicted molar refractivity (Wildman–Crippen MR) is 109 cm³/mol. The van der Waals surface area contributed by atoms with E-state index in [1.165, 1.54) is 12.1 Å². The van der Waals surface area contributed by atoms with Gasteiger partial charge in [-0.15, -0.1) is 0 Å². The van der Waals surface area contributed by atoms with Crippen molar-refractivity contribution in [1.82, 2.24) is 14.6 Å². The summed E-state index contributed by atoms with van der Waals surface area (Å²) in [4.78, 5) is 26.0. The Kier molecular flexibility index (Phi) is 8.09. The van der Waals surface area contributed by atoms with Gasteiger partial charge in [0.1, 0.15) is 11.6 Å². The maximum Gasteiger partial charge on any atom is 0.344 e. The topological polar surface area (TPSA) is 113 Å². The first-order valence-corrected chi connectivity index (χ1v) is 10.4. The van der Waals surface area contributed by atoms with Crippen LogP contribution in [0.15, 0.2) is 18.2 Å². The molecule has 0 radical (unpaired) electrons. The average molecular weight is 456 g/mol. The Labute approximate surface area is 181 Å². The number of anilines is 1. The molecule has 2 aromatic rings. The van der Waals surface area contributed by atoms with E-state index in [9.17, 15) is 23.5 Å². The number of rotatable bonds is 9. The van der Waals surface area contributed by atoms with Crippen molar-refractivity contribution in [3.63, 3.8) is 0 Å². The van der Waals surface area contributed by atoms with Crippen molar-refractivity contribution < 1.29 is 33.0 Å². The van der Waals surface area contributed by atoms with Gasteiger partial charge in [-0.05, 0) is 30.6 Å². The fourth-order valence-corrected chi connectivity index (χ4v) is 3.65. The number of halogens is 2. The molecule has 9 nitrogen and oxygen atoms in total. The molecule has 3 rings (SSSR count). The predicted octanol–water partition coefficient (Wildman–Crippen LogP) is 2.54. The molecule has 0 spiro atoms. The lowest BCUT2D eigenvalue weighted by Crippen LogP contribution is -2.38. The molecule has 12 heteroatoms. The molecular weight excluding hydrogens is 434 g/mol. The van der Waals surface area contributed by atoms with Crippen LogP contribution in [0.5, 0.6) is 5.88 Å². The minimum Gasteiger partial charge on any atom is -0.477 e. The zero-order valence-electron chi connectivity index (χ0n) is 16.5. The van der Waals surface area contributed by atoms with Crippen LogP contribution in [0.25, 0.3) is 0 Å². The van der Waals surface area contributed by atoms with Crippen molar-refractivity contribution in [2.45, 2.75) is 13.0 Å². The molecular formula is C19H22F2N4O5S. The first kappa shape index (κ1) is 22.8. The van der Waals surface area contributed by atoms with Gasteiger partial charge in [0.15, 0.2) is 17.2 Å². The van der Waals surface area contributed by atoms with E-state index >= 15 is 0 Å². The summed E-state index contributed by atoms with van der Waals surface area (Å²) in [6.07, 6.45) is 0.732. The number of amides is 2. The highest BCUT2D eigenvalue weighted by Gasteiger charge is 2.24. The van der Waals surface area contributed by atoms with Crippen LogP contribution in [0.4, 0.5) is 18.6 Å². The highest BCUT2D eigenvalue weighted by Crippen LogP contribution is 2.31. The van der Waals surface area contributed by atoms with Crippen LogP contribution in [0, 0.1) is 11.6 Å². The number of nitrogens with one attached hydrogen (secondary N) is 2. The lowest BCUT2D eigenvalue weighted by atomic mass is 10.2. The van der Waals surface area contributed by atoms with E-state index < -0.39 is 30.2 Å². The van der Waals surface area contributed by atoms with Crippen LogP contribution in [0.1, 0.15) is 22.3 Å². The number of carboxylic acid groups (broad SMARTS) is 1. The van der Waals surface area contributed by atoms with E-state index in [-0.39, 0.29) is 22.0 Å². The Morgan fingerprint density at radius 3 is 2.81 bits per heavy atom. The Hall–Kier alpha value is -2.83. The highest BCUT2D eigenvalue weighted by molar-refractivity contribution is 7.11. The second-order valence-corrected chi connectivity index (χ2v) is 7.46. The zero-order valence-corrected chi connectivity index (χ0v) is 17.3. The summed E-state index contributed by atoms with van der Waals surface area (Å²) in [5.41, 5.74) is -0.442. The monoisotopic (exact) mass is 456 g/mol. The minimum atomic E-state index is -1.37. The van der Waals surface area contributed by atoms with Crippen molar-refractivity contribution in [2.24, 2.45) is 0 Å². The number of morpholine rings is 1. The first-order valence-electron chi connectivity index (χ1n) is 9.59. The van der Waals surface area contributed by atoms with Gasteiger partial charge in [0.05, 0.1) is 13.2 Å². The molecule has 1 saturated heterocycles. The smallest absolute Gasteiger partial charge is 0.344 e. The molecule has 1 aliphatic rings. The number of aromatic nitrogens is 1. The molecule has 0 bridgehead atoms. The third-order valence-electron chi connectivity index (χ3n) is 4.54. The average Bonchev–Trinajstić information content (AvgIpc) is 3.15. The molecule has 2 heterocycles. The normalized spacial score (nSPS) is 14.3. The third kappa shape index (κ3) is 6.32. The molecule has 1 aliphatic heterocycles. The highest BCUT2D eigenvalue weighted by atomic mass is 32.1. The number of ether oxygens (including phenoxy) is 2. The van der Waals surface area contributed by atoms with E-state index in [1.54, 1.807) is 0 Å². The van der Waals surface area contributed by atoms with Crippen LogP contribution in [0.3, 0.4) is 0 Å². The Morgan fingerprint density at radius 2 is 2.06 bits per heavy atom. The molecule has 0 aliphatic carbocycles. The molecule has 3 N–H and O–H groups in total. The van der Waals surface area contributed by atoms with Crippen LogP contribution in [-0.4, -0.2) is 65.8 Å². The molecule has 2 amide bonds. The SMILES string of the molecule is O=C(NCCCN1CCOCC1)Nc1snc(OCc2cccc(F)c2F)c1C(=O)O. The number of hydrogen-bond donors (Lipinski definition) is 3. The number of carboxylic acids is 1. The molecule has 1 aromatic heterocycles. The maximum atomic E-state index is 13.7. The summed E-state index contributed by atoms with van der Waals surface area (Å²) in [5, 5.41) is 14.6. The Bertz CT molecular complexity index is 921. The zero-order chi connectivity index (χ0) is 22.2. The summed E-state index contributed by atoms with van der Waals surface area (Å²) in [6.45, 7) is 3.93. The van der Waals surface area contributed by atoms with Gasteiger partial charge < -0.3 is 19.9 Å². The lowest BCUT2D eigenvalue weighted by molar-refractivity contribution is 0.0375. The van der Waals surface area contributed by atoms with Gasteiger partial charge in [-0.3, -0.25) is 10.2 Å². The second-order valence-electron chi connectivity index (χ2n) is 6.69. The first-order chi connectivity index (χ1) is 15.0. The quantitative estimate of drug-likeness (QED) is 0.497. The van der Waals surface area contributed by atoms with Crippen LogP contribution < -0.4 is 15.4 Å². The molecule has 0 atom stereocenters. The molecule has 1 aromatic carbocycles. The van der Waals surface area contributed by atoms with Gasteiger partial charge in [0.25, 0.3) is 0 Å². The van der Waals surface area contributed by atoms with Gasteiger partial charge in [-0.1, -0.05) is 12.1 Å². The third-order valence-corrected chi connectivity index (χ3v) is 5.28. The number of hydrogen-bond acceptors (Lipinski definition) is 7. The van der Waals surface area contributed by atoms with Crippen molar-refractivity contribution in [3.05, 3.63) is 41.0 Å². The van der Waals surface area contributed by atoms with Crippen LogP contribution in [-0.2, 0) is 11.3 Å². The van der Waals surface area contributed by atoms with E-state index in [4.69, 9.17) is 9.47 Å². The minimum absolute atomic E-state index is 0.0205. The van der Waals surface area contributed by atoms with Gasteiger partial charge in [-0.2, -0.15) is 4.37 Å². The van der Waals surface area contributed by atoms with E-state index in [0.29, 0.717) is 19.8 Å². The summed E-state index contributed by atoms with van der Waals surface area (Å²) in [6, 6.07) is 3.02. The molecule has 31 heavy (non-hydrogen) atoms. The number of carbonyl (C=O) groups excluding carboxylic acids is 1. The Morgan fingerprint density at radius 1 is 1.29 bits per heavy atom. The van der Waals surface area contributed by atoms with E-state index in [2.05, 4.69) is 19.9 Å². The van der Waals surface area contributed by atoms with Crippen molar-refractivity contribution >= 4 is 28.5 Å². The van der Waals surface area contributed by atoms with Crippen LogP contribution >= 0.6 is 11.5 Å². The number of nitrogens with zero attached hydrogens (tertiary/aromatic N) is 2. The van der Waals surface area contributed by atoms with Gasteiger partial charge >= 0.3 is 12.0 Å². The number of aromatic carboxylic acids is 1. The van der Waals surface area contributed by atoms with Crippen molar-refractivity contribution in [2.75, 3.05) is 44.7 Å². The van der Waals surface area contributed by atoms with Crippen LogP contribution in [0.2, 0.25) is 0 Å². The molecule has 168 valence electrons. The fraction of sp³-hybridized carbons (Fsp3) is 0.421. The second kappa shape index (κ2) is 11.0. The molecule has 0 unspecified atom stereocenters. The number of benzene rings is 1. The summed E-state index contributed by atoms with van der Waals surface area (Å²) < 4.78 is 41.5. The summed E-state index contributed by atoms with van der Waals surface area (Å²) >= 11 is 0.720.